The predicted molar refractivity (Wildman–Crippen MR) is 133 cm³/mol. The molecule has 5 rings (SSSR count). The van der Waals surface area contributed by atoms with Crippen LogP contribution in [-0.4, -0.2) is 81.1 Å². The van der Waals surface area contributed by atoms with Crippen LogP contribution in [0, 0.1) is 29.5 Å². The number of carbonyl (C=O) groups is 5. The number of Topliss-reactive ketones (excluding diaryl/α,β-unsaturated/α-hetero) is 4. The molecule has 202 valence electrons. The number of benzene rings is 2. The number of aliphatic hydroxyl groups excluding tert-OH is 1. The first-order valence-corrected chi connectivity index (χ1v) is 12.1. The van der Waals surface area contributed by atoms with Crippen molar-refractivity contribution in [1.82, 2.24) is 4.90 Å². The number of hydrogen-bond donors (Lipinski definition) is 4. The van der Waals surface area contributed by atoms with Gasteiger partial charge in [0.2, 0.25) is 5.91 Å². The van der Waals surface area contributed by atoms with Crippen LogP contribution in [0.3, 0.4) is 0 Å². The van der Waals surface area contributed by atoms with Gasteiger partial charge in [0.25, 0.3) is 0 Å². The summed E-state index contributed by atoms with van der Waals surface area (Å²) in [4.78, 5) is 67.9. The van der Waals surface area contributed by atoms with Crippen molar-refractivity contribution < 1.29 is 43.7 Å². The van der Waals surface area contributed by atoms with Crippen LogP contribution >= 0.6 is 0 Å². The highest BCUT2D eigenvalue weighted by atomic mass is 19.1. The second-order valence-electron chi connectivity index (χ2n) is 10.4. The van der Waals surface area contributed by atoms with E-state index in [2.05, 4.69) is 0 Å². The lowest BCUT2D eigenvalue weighted by molar-refractivity contribution is -0.192. The molecule has 2 saturated carbocycles. The minimum absolute atomic E-state index is 0.188. The molecule has 39 heavy (non-hydrogen) atoms. The largest absolute Gasteiger partial charge is 0.507 e. The number of halogens is 1. The number of rotatable bonds is 3. The molecule has 3 aliphatic rings. The maximum Gasteiger partial charge on any atom is 0.235 e. The third-order valence-electron chi connectivity index (χ3n) is 8.06. The molecule has 3 aliphatic carbocycles. The van der Waals surface area contributed by atoms with E-state index in [1.165, 1.54) is 67.5 Å². The quantitative estimate of drug-likeness (QED) is 0.393. The van der Waals surface area contributed by atoms with Crippen molar-refractivity contribution in [3.63, 3.8) is 0 Å². The normalized spacial score (nSPS) is 33.1. The van der Waals surface area contributed by atoms with Gasteiger partial charge in [-0.05, 0) is 49.0 Å². The van der Waals surface area contributed by atoms with Crippen LogP contribution in [0.5, 0.6) is 5.75 Å². The van der Waals surface area contributed by atoms with E-state index < -0.39 is 82.0 Å². The van der Waals surface area contributed by atoms with Crippen molar-refractivity contribution in [2.45, 2.75) is 17.7 Å². The number of carbonyl (C=O) groups excluding carboxylic acids is 5. The van der Waals surface area contributed by atoms with Crippen LogP contribution in [0.1, 0.15) is 21.5 Å². The van der Waals surface area contributed by atoms with Gasteiger partial charge < -0.3 is 21.1 Å². The maximum atomic E-state index is 14.0. The van der Waals surface area contributed by atoms with Gasteiger partial charge in [0.05, 0.1) is 29.5 Å². The first-order chi connectivity index (χ1) is 18.3. The van der Waals surface area contributed by atoms with E-state index >= 15 is 0 Å². The van der Waals surface area contributed by atoms with Gasteiger partial charge in [0.1, 0.15) is 11.6 Å². The number of nitrogens with two attached hydrogens (primary N) is 1. The van der Waals surface area contributed by atoms with E-state index in [0.717, 1.165) is 0 Å². The Balaban J connectivity index is 1.79. The monoisotopic (exact) mass is 536 g/mol. The topological polar surface area (TPSA) is 175 Å². The maximum absolute atomic E-state index is 14.0. The van der Waals surface area contributed by atoms with E-state index in [1.54, 1.807) is 0 Å². The van der Waals surface area contributed by atoms with Gasteiger partial charge in [-0.25, -0.2) is 4.39 Å². The summed E-state index contributed by atoms with van der Waals surface area (Å²) in [6.07, 6.45) is -0.315. The van der Waals surface area contributed by atoms with Crippen LogP contribution in [0.2, 0.25) is 0 Å². The number of aromatic hydroxyl groups is 1. The fraction of sp³-hybridized carbons (Fsp3) is 0.321. The molecule has 5 N–H and O–H groups in total. The van der Waals surface area contributed by atoms with Gasteiger partial charge >= 0.3 is 0 Å². The van der Waals surface area contributed by atoms with Crippen LogP contribution < -0.4 is 5.73 Å². The Bertz CT molecular complexity index is 1480. The average Bonchev–Trinajstić information content (AvgIpc) is 2.86. The molecule has 1 amide bonds. The van der Waals surface area contributed by atoms with Crippen LogP contribution in [-0.2, 0) is 19.2 Å². The SMILES string of the molecule is CN(C)[C@@H]1C(=O)C(C(N)=O)C(=O)[C@@]2(O)C(=O)C3C(=O)c4c(O)cccc4/C(=C\c4ccc(F)cc4)[C@H]3[C@H](O)[C@@H]12. The van der Waals surface area contributed by atoms with Gasteiger partial charge in [-0.15, -0.1) is 0 Å². The lowest BCUT2D eigenvalue weighted by Crippen LogP contribution is -2.77. The summed E-state index contributed by atoms with van der Waals surface area (Å²) in [7, 11) is 2.82. The first kappa shape index (κ1) is 26.5. The molecular formula is C28H25FN2O8. The first-order valence-electron chi connectivity index (χ1n) is 12.1. The summed E-state index contributed by atoms with van der Waals surface area (Å²) in [6, 6.07) is 7.93. The standard InChI is InChI=1S/C28H25FN2O8/c1-31(2)21-20-23(34)17-14(10-11-6-8-12(29)9-7-11)13-4-3-5-15(32)16(13)22(33)18(17)25(36)28(20,39)26(37)19(24(21)35)27(30)38/h3-10,17-21,23,32,34,39H,1-2H3,(H2,30,38)/b14-10+/t17-,18?,19?,20-,21+,23+,28+/m1/s1. The number of aliphatic hydroxyl groups is 2. The predicted octanol–water partition coefficient (Wildman–Crippen LogP) is -0.0250. The molecule has 7 atom stereocenters. The highest BCUT2D eigenvalue weighted by Crippen LogP contribution is 2.54. The second kappa shape index (κ2) is 9.01. The molecule has 2 aromatic carbocycles. The molecule has 0 aliphatic heterocycles. The van der Waals surface area contributed by atoms with Crippen molar-refractivity contribution in [2.24, 2.45) is 29.4 Å². The van der Waals surface area contributed by atoms with Crippen molar-refractivity contribution in [1.29, 1.82) is 0 Å². The Hall–Kier alpha value is -4.06. The minimum Gasteiger partial charge on any atom is -0.507 e. The number of likely N-dealkylation sites (N-methyl/N-ethyl adjacent to an activating group) is 1. The number of phenolic OH excluding ortho intramolecular Hbond substituents is 1. The molecule has 2 fully saturated rings. The highest BCUT2D eigenvalue weighted by molar-refractivity contribution is 6.33. The Kier molecular flexibility index (Phi) is 6.13. The number of hydrogen-bond acceptors (Lipinski definition) is 9. The fourth-order valence-corrected chi connectivity index (χ4v) is 6.41. The molecule has 0 radical (unpaired) electrons. The number of nitrogens with zero attached hydrogens (tertiary/aromatic N) is 1. The van der Waals surface area contributed by atoms with Crippen LogP contribution in [0.25, 0.3) is 11.6 Å². The summed E-state index contributed by atoms with van der Waals surface area (Å²) in [5.74, 6) is -14.2. The minimum atomic E-state index is -3.10. The van der Waals surface area contributed by atoms with Crippen LogP contribution in [0.4, 0.5) is 4.39 Å². The van der Waals surface area contributed by atoms with Crippen molar-refractivity contribution >= 4 is 40.7 Å². The second-order valence-corrected chi connectivity index (χ2v) is 10.4. The lowest BCUT2D eigenvalue weighted by Gasteiger charge is -2.55. The molecular weight excluding hydrogens is 511 g/mol. The molecule has 0 aromatic heterocycles. The van der Waals surface area contributed by atoms with E-state index in [4.69, 9.17) is 5.73 Å². The number of fused-ring (bicyclic) bond motifs is 3. The van der Waals surface area contributed by atoms with Crippen molar-refractivity contribution in [2.75, 3.05) is 14.1 Å². The average molecular weight is 537 g/mol. The van der Waals surface area contributed by atoms with Crippen molar-refractivity contribution in [3.8, 4) is 5.75 Å². The Morgan fingerprint density at radius 2 is 1.69 bits per heavy atom. The summed E-state index contributed by atoms with van der Waals surface area (Å²) in [5.41, 5.74) is 2.78. The van der Waals surface area contributed by atoms with Gasteiger partial charge in [-0.1, -0.05) is 30.3 Å². The Morgan fingerprint density at radius 3 is 2.28 bits per heavy atom. The van der Waals surface area contributed by atoms with E-state index in [-0.39, 0.29) is 16.7 Å². The van der Waals surface area contributed by atoms with Gasteiger partial charge in [-0.3, -0.25) is 28.9 Å². The van der Waals surface area contributed by atoms with Gasteiger partial charge in [-0.2, -0.15) is 0 Å². The van der Waals surface area contributed by atoms with E-state index in [9.17, 15) is 43.7 Å². The number of phenols is 1. The smallest absolute Gasteiger partial charge is 0.235 e. The highest BCUT2D eigenvalue weighted by Gasteiger charge is 2.72. The third kappa shape index (κ3) is 3.61. The summed E-state index contributed by atoms with van der Waals surface area (Å²) in [6.45, 7) is 0. The summed E-state index contributed by atoms with van der Waals surface area (Å²) < 4.78 is 13.6. The zero-order chi connectivity index (χ0) is 28.5. The zero-order valence-electron chi connectivity index (χ0n) is 20.9. The molecule has 2 unspecified atom stereocenters. The Morgan fingerprint density at radius 1 is 1.05 bits per heavy atom. The molecule has 2 aromatic rings. The fourth-order valence-electron chi connectivity index (χ4n) is 6.41. The summed E-state index contributed by atoms with van der Waals surface area (Å²) in [5, 5.41) is 34.1. The van der Waals surface area contributed by atoms with Crippen LogP contribution in [0.15, 0.2) is 42.5 Å². The van der Waals surface area contributed by atoms with E-state index in [0.29, 0.717) is 5.56 Å². The van der Waals surface area contributed by atoms with E-state index in [1.807, 2.05) is 0 Å². The zero-order valence-corrected chi connectivity index (χ0v) is 20.9. The van der Waals surface area contributed by atoms with Crippen molar-refractivity contribution in [3.05, 3.63) is 65.0 Å². The molecule has 11 heteroatoms. The molecule has 0 spiro atoms. The van der Waals surface area contributed by atoms with Gasteiger partial charge in [0, 0.05) is 5.92 Å². The molecule has 0 heterocycles. The summed E-state index contributed by atoms with van der Waals surface area (Å²) >= 11 is 0. The molecule has 0 saturated heterocycles. The third-order valence-corrected chi connectivity index (χ3v) is 8.06. The number of primary amides is 1. The molecule has 0 bridgehead atoms. The Labute approximate surface area is 221 Å². The number of ketones is 4. The molecule has 10 nitrogen and oxygen atoms in total. The van der Waals surface area contributed by atoms with Gasteiger partial charge in [0.15, 0.2) is 34.7 Å². The lowest BCUT2D eigenvalue weighted by atomic mass is 9.50. The number of amides is 1.